The third-order valence-electron chi connectivity index (χ3n) is 3.89. The Kier molecular flexibility index (Phi) is 5.98. The Bertz CT molecular complexity index is 908. The first-order chi connectivity index (χ1) is 13.2. The maximum Gasteiger partial charge on any atom is 0.239 e. The van der Waals surface area contributed by atoms with E-state index in [1.807, 2.05) is 55.5 Å². The van der Waals surface area contributed by atoms with Gasteiger partial charge in [-0.15, -0.1) is 5.10 Å². The predicted octanol–water partition coefficient (Wildman–Crippen LogP) is 2.00. The first-order valence-electron chi connectivity index (χ1n) is 8.71. The summed E-state index contributed by atoms with van der Waals surface area (Å²) in [7, 11) is 1.78. The second-order valence-electron chi connectivity index (χ2n) is 5.92. The fourth-order valence-electron chi connectivity index (χ4n) is 2.60. The monoisotopic (exact) mass is 366 g/mol. The van der Waals surface area contributed by atoms with E-state index < -0.39 is 0 Å². The molecule has 2 N–H and O–H groups in total. The van der Waals surface area contributed by atoms with Crippen LogP contribution in [0, 0.1) is 0 Å². The van der Waals surface area contributed by atoms with Crippen molar-refractivity contribution in [1.29, 1.82) is 0 Å². The highest BCUT2D eigenvalue weighted by molar-refractivity contribution is 5.81. The van der Waals surface area contributed by atoms with E-state index >= 15 is 0 Å². The number of rotatable bonds is 8. The normalized spacial score (nSPS) is 10.4. The Morgan fingerprint density at radius 2 is 2.04 bits per heavy atom. The molecule has 27 heavy (non-hydrogen) atoms. The molecule has 140 valence electrons. The Labute approximate surface area is 157 Å². The minimum Gasteiger partial charge on any atom is -0.494 e. The predicted molar refractivity (Wildman–Crippen MR) is 102 cm³/mol. The fourth-order valence-corrected chi connectivity index (χ4v) is 2.60. The van der Waals surface area contributed by atoms with Crippen LogP contribution in [-0.4, -0.2) is 39.3 Å². The number of nitrogens with one attached hydrogen (secondary N) is 2. The van der Waals surface area contributed by atoms with Crippen LogP contribution in [-0.2, 0) is 18.4 Å². The molecule has 0 spiro atoms. The number of hydrogen-bond donors (Lipinski definition) is 2. The summed E-state index contributed by atoms with van der Waals surface area (Å²) in [5.41, 5.74) is 2.69. The lowest BCUT2D eigenvalue weighted by molar-refractivity contribution is -0.119. The molecule has 3 aromatic rings. The quantitative estimate of drug-likeness (QED) is 0.633. The van der Waals surface area contributed by atoms with Gasteiger partial charge in [0.1, 0.15) is 5.75 Å². The highest BCUT2D eigenvalue weighted by Gasteiger charge is 2.07. The maximum absolute atomic E-state index is 12.1. The molecule has 0 fully saturated rings. The number of carbonyl (C=O) groups excluding carboxylic acids is 1. The number of amides is 1. The number of tetrazole rings is 1. The van der Waals surface area contributed by atoms with Crippen LogP contribution in [0.25, 0.3) is 11.4 Å². The summed E-state index contributed by atoms with van der Waals surface area (Å²) in [6, 6.07) is 15.3. The summed E-state index contributed by atoms with van der Waals surface area (Å²) in [4.78, 5) is 12.1. The van der Waals surface area contributed by atoms with Gasteiger partial charge in [-0.2, -0.15) is 0 Å². The lowest BCUT2D eigenvalue weighted by Crippen LogP contribution is -2.29. The number of aryl methyl sites for hydroxylation is 1. The van der Waals surface area contributed by atoms with Crippen LogP contribution >= 0.6 is 0 Å². The van der Waals surface area contributed by atoms with Gasteiger partial charge in [0, 0.05) is 24.8 Å². The first-order valence-corrected chi connectivity index (χ1v) is 8.71. The van der Waals surface area contributed by atoms with Crippen LogP contribution in [0.1, 0.15) is 12.5 Å². The van der Waals surface area contributed by atoms with Crippen LogP contribution in [0.2, 0.25) is 0 Å². The van der Waals surface area contributed by atoms with Crippen LogP contribution in [0.4, 0.5) is 5.69 Å². The van der Waals surface area contributed by atoms with Crippen molar-refractivity contribution >= 4 is 11.6 Å². The van der Waals surface area contributed by atoms with Gasteiger partial charge in [-0.25, -0.2) is 4.68 Å². The summed E-state index contributed by atoms with van der Waals surface area (Å²) in [6.45, 7) is 3.18. The zero-order valence-electron chi connectivity index (χ0n) is 15.3. The van der Waals surface area contributed by atoms with Crippen molar-refractivity contribution in [3.8, 4) is 17.1 Å². The molecule has 0 aliphatic rings. The van der Waals surface area contributed by atoms with E-state index in [-0.39, 0.29) is 12.5 Å². The Hall–Kier alpha value is -3.42. The molecule has 1 heterocycles. The molecule has 0 unspecified atom stereocenters. The summed E-state index contributed by atoms with van der Waals surface area (Å²) in [5, 5.41) is 17.5. The van der Waals surface area contributed by atoms with E-state index in [9.17, 15) is 4.79 Å². The van der Waals surface area contributed by atoms with Crippen molar-refractivity contribution in [2.24, 2.45) is 7.05 Å². The molecule has 1 amide bonds. The highest BCUT2D eigenvalue weighted by atomic mass is 16.5. The summed E-state index contributed by atoms with van der Waals surface area (Å²) < 4.78 is 7.07. The Morgan fingerprint density at radius 1 is 1.19 bits per heavy atom. The molecule has 1 aromatic heterocycles. The van der Waals surface area contributed by atoms with Gasteiger partial charge < -0.3 is 15.4 Å². The van der Waals surface area contributed by atoms with E-state index in [4.69, 9.17) is 4.74 Å². The fraction of sp³-hybridized carbons (Fsp3) is 0.263. The van der Waals surface area contributed by atoms with Gasteiger partial charge in [0.15, 0.2) is 5.82 Å². The minimum absolute atomic E-state index is 0.0949. The lowest BCUT2D eigenvalue weighted by Gasteiger charge is -2.10. The van der Waals surface area contributed by atoms with Gasteiger partial charge in [-0.05, 0) is 47.2 Å². The van der Waals surface area contributed by atoms with E-state index in [2.05, 4.69) is 26.2 Å². The minimum atomic E-state index is -0.0949. The molecule has 8 nitrogen and oxygen atoms in total. The van der Waals surface area contributed by atoms with E-state index in [1.54, 1.807) is 11.7 Å². The average molecular weight is 366 g/mol. The molecule has 2 aromatic carbocycles. The first kappa shape index (κ1) is 18.4. The molecular weight excluding hydrogens is 344 g/mol. The molecule has 0 saturated heterocycles. The van der Waals surface area contributed by atoms with Crippen molar-refractivity contribution in [2.75, 3.05) is 18.5 Å². The molecule has 0 aliphatic heterocycles. The summed E-state index contributed by atoms with van der Waals surface area (Å²) in [6.07, 6.45) is 0. The number of anilines is 1. The van der Waals surface area contributed by atoms with E-state index in [0.717, 1.165) is 22.6 Å². The average Bonchev–Trinajstić information content (AvgIpc) is 3.11. The highest BCUT2D eigenvalue weighted by Crippen LogP contribution is 2.19. The van der Waals surface area contributed by atoms with Crippen LogP contribution in [0.15, 0.2) is 48.5 Å². The molecule has 8 heteroatoms. The second-order valence-corrected chi connectivity index (χ2v) is 5.92. The summed E-state index contributed by atoms with van der Waals surface area (Å²) in [5.74, 6) is 1.37. The number of benzene rings is 2. The van der Waals surface area contributed by atoms with Crippen molar-refractivity contribution < 1.29 is 9.53 Å². The number of hydrogen-bond acceptors (Lipinski definition) is 6. The molecule has 0 bridgehead atoms. The molecule has 0 aliphatic carbocycles. The number of aromatic nitrogens is 4. The van der Waals surface area contributed by atoms with Crippen LogP contribution < -0.4 is 15.4 Å². The Morgan fingerprint density at radius 3 is 2.81 bits per heavy atom. The molecular formula is C19H22N6O2. The zero-order chi connectivity index (χ0) is 19.1. The molecule has 0 saturated carbocycles. The third-order valence-corrected chi connectivity index (χ3v) is 3.89. The standard InChI is InChI=1S/C19H22N6O2/c1-3-27-17-9-4-6-14(10-17)12-21-18(26)13-20-16-8-5-7-15(11-16)19-22-23-24-25(19)2/h4-11,20H,3,12-13H2,1-2H3,(H,21,26). The van der Waals surface area contributed by atoms with E-state index in [1.165, 1.54) is 0 Å². The topological polar surface area (TPSA) is 94.0 Å². The van der Waals surface area contributed by atoms with Crippen molar-refractivity contribution in [2.45, 2.75) is 13.5 Å². The smallest absolute Gasteiger partial charge is 0.239 e. The summed E-state index contributed by atoms with van der Waals surface area (Å²) >= 11 is 0. The van der Waals surface area contributed by atoms with Crippen LogP contribution in [0.5, 0.6) is 5.75 Å². The van der Waals surface area contributed by atoms with Crippen molar-refractivity contribution in [1.82, 2.24) is 25.5 Å². The Balaban J connectivity index is 1.52. The largest absolute Gasteiger partial charge is 0.494 e. The SMILES string of the molecule is CCOc1cccc(CNC(=O)CNc2cccc(-c3nnnn3C)c2)c1. The lowest BCUT2D eigenvalue weighted by atomic mass is 10.2. The second kappa shape index (κ2) is 8.79. The van der Waals surface area contributed by atoms with Gasteiger partial charge in [-0.3, -0.25) is 4.79 Å². The van der Waals surface area contributed by atoms with Gasteiger partial charge in [0.2, 0.25) is 5.91 Å². The number of carbonyl (C=O) groups is 1. The maximum atomic E-state index is 12.1. The van der Waals surface area contributed by atoms with Gasteiger partial charge >= 0.3 is 0 Å². The van der Waals surface area contributed by atoms with Crippen LogP contribution in [0.3, 0.4) is 0 Å². The molecule has 3 rings (SSSR count). The van der Waals surface area contributed by atoms with Crippen molar-refractivity contribution in [3.05, 3.63) is 54.1 Å². The molecule has 0 atom stereocenters. The van der Waals surface area contributed by atoms with Gasteiger partial charge in [0.25, 0.3) is 0 Å². The van der Waals surface area contributed by atoms with Gasteiger partial charge in [0.05, 0.1) is 13.2 Å². The zero-order valence-corrected chi connectivity index (χ0v) is 15.3. The third kappa shape index (κ3) is 5.04. The number of nitrogens with zero attached hydrogens (tertiary/aromatic N) is 4. The molecule has 0 radical (unpaired) electrons. The number of ether oxygens (including phenoxy) is 1. The van der Waals surface area contributed by atoms with E-state index in [0.29, 0.717) is 19.0 Å². The van der Waals surface area contributed by atoms with Gasteiger partial charge in [-0.1, -0.05) is 24.3 Å². The van der Waals surface area contributed by atoms with Crippen molar-refractivity contribution in [3.63, 3.8) is 0 Å².